The van der Waals surface area contributed by atoms with Crippen LogP contribution in [0.2, 0.25) is 0 Å². The lowest BCUT2D eigenvalue weighted by atomic mass is 9.98. The molecule has 0 bridgehead atoms. The van der Waals surface area contributed by atoms with E-state index in [4.69, 9.17) is 4.74 Å². The molecule has 16 heavy (non-hydrogen) atoms. The van der Waals surface area contributed by atoms with E-state index in [0.29, 0.717) is 6.04 Å². The Hall–Kier alpha value is -0.450. The zero-order valence-electron chi connectivity index (χ0n) is 10.2. The van der Waals surface area contributed by atoms with Gasteiger partial charge in [-0.1, -0.05) is 6.92 Å². The van der Waals surface area contributed by atoms with Gasteiger partial charge in [0.25, 0.3) is 0 Å². The van der Waals surface area contributed by atoms with Gasteiger partial charge < -0.3 is 10.1 Å². The average Bonchev–Trinajstić information content (AvgIpc) is 2.89. The first-order valence-electron chi connectivity index (χ1n) is 5.92. The summed E-state index contributed by atoms with van der Waals surface area (Å²) in [5, 5.41) is 7.01. The molecule has 1 aliphatic heterocycles. The molecule has 1 saturated heterocycles. The van der Waals surface area contributed by atoms with Gasteiger partial charge in [-0.05, 0) is 26.7 Å². The van der Waals surface area contributed by atoms with E-state index in [-0.39, 0.29) is 5.54 Å². The highest BCUT2D eigenvalue weighted by Gasteiger charge is 2.31. The van der Waals surface area contributed by atoms with Gasteiger partial charge in [-0.2, -0.15) is 0 Å². The second kappa shape index (κ2) is 4.82. The third-order valence-electron chi connectivity index (χ3n) is 3.25. The van der Waals surface area contributed by atoms with Crippen molar-refractivity contribution in [3.8, 4) is 0 Å². The maximum Gasteiger partial charge on any atom is 0.113 e. The Kier molecular flexibility index (Phi) is 3.62. The van der Waals surface area contributed by atoms with Gasteiger partial charge in [-0.25, -0.2) is 4.98 Å². The van der Waals surface area contributed by atoms with Crippen LogP contribution in [0.25, 0.3) is 0 Å². The van der Waals surface area contributed by atoms with Gasteiger partial charge in [-0.3, -0.25) is 0 Å². The lowest BCUT2D eigenvalue weighted by molar-refractivity contribution is 0.181. The van der Waals surface area contributed by atoms with Crippen LogP contribution in [-0.4, -0.2) is 24.2 Å². The number of thiazole rings is 1. The molecule has 0 amide bonds. The molecular weight excluding hydrogens is 220 g/mol. The Morgan fingerprint density at radius 1 is 1.69 bits per heavy atom. The molecule has 2 unspecified atom stereocenters. The van der Waals surface area contributed by atoms with Gasteiger partial charge in [0, 0.05) is 23.7 Å². The molecule has 0 radical (unpaired) electrons. The van der Waals surface area contributed by atoms with E-state index in [1.165, 1.54) is 5.01 Å². The van der Waals surface area contributed by atoms with Crippen LogP contribution in [0.4, 0.5) is 0 Å². The Morgan fingerprint density at radius 3 is 3.00 bits per heavy atom. The predicted octanol–water partition coefficient (Wildman–Crippen LogP) is 2.46. The molecule has 2 rings (SSSR count). The zero-order valence-corrected chi connectivity index (χ0v) is 11.1. The van der Waals surface area contributed by atoms with Crippen LogP contribution >= 0.6 is 11.3 Å². The van der Waals surface area contributed by atoms with Crippen LogP contribution in [0.15, 0.2) is 5.38 Å². The van der Waals surface area contributed by atoms with E-state index in [1.54, 1.807) is 11.3 Å². The SMILES string of the molecule is CCC(C)(NC1CCOC1)c1nc(C)cs1. The third kappa shape index (κ3) is 2.44. The van der Waals surface area contributed by atoms with E-state index in [0.717, 1.165) is 31.7 Å². The minimum absolute atomic E-state index is 0.00269. The van der Waals surface area contributed by atoms with Crippen molar-refractivity contribution >= 4 is 11.3 Å². The van der Waals surface area contributed by atoms with Gasteiger partial charge in [-0.15, -0.1) is 11.3 Å². The summed E-state index contributed by atoms with van der Waals surface area (Å²) in [6.45, 7) is 8.21. The second-order valence-corrected chi connectivity index (χ2v) is 5.54. The predicted molar refractivity (Wildman–Crippen MR) is 66.9 cm³/mol. The average molecular weight is 240 g/mol. The highest BCUT2D eigenvalue weighted by Crippen LogP contribution is 2.28. The Labute approximate surface area is 101 Å². The van der Waals surface area contributed by atoms with Crippen LogP contribution in [0.5, 0.6) is 0 Å². The fraction of sp³-hybridized carbons (Fsp3) is 0.750. The normalized spacial score (nSPS) is 24.6. The minimum atomic E-state index is -0.00269. The number of aromatic nitrogens is 1. The van der Waals surface area contributed by atoms with Crippen LogP contribution in [0.1, 0.15) is 37.4 Å². The molecule has 2 atom stereocenters. The van der Waals surface area contributed by atoms with Gasteiger partial charge >= 0.3 is 0 Å². The third-order valence-corrected chi connectivity index (χ3v) is 4.47. The number of hydrogen-bond acceptors (Lipinski definition) is 4. The first-order chi connectivity index (χ1) is 7.64. The molecule has 0 saturated carbocycles. The smallest absolute Gasteiger partial charge is 0.113 e. The maximum atomic E-state index is 5.41. The monoisotopic (exact) mass is 240 g/mol. The molecule has 0 aromatic carbocycles. The van der Waals surface area contributed by atoms with Crippen LogP contribution < -0.4 is 5.32 Å². The quantitative estimate of drug-likeness (QED) is 0.878. The molecule has 3 nitrogen and oxygen atoms in total. The van der Waals surface area contributed by atoms with Gasteiger partial charge in [0.1, 0.15) is 5.01 Å². The molecule has 1 aliphatic rings. The number of aryl methyl sites for hydroxylation is 1. The van der Waals surface area contributed by atoms with Crippen molar-refractivity contribution in [3.05, 3.63) is 16.1 Å². The maximum absolute atomic E-state index is 5.41. The summed E-state index contributed by atoms with van der Waals surface area (Å²) in [6, 6.07) is 0.481. The van der Waals surface area contributed by atoms with Crippen LogP contribution in [0.3, 0.4) is 0 Å². The molecule has 1 fully saturated rings. The summed E-state index contributed by atoms with van der Waals surface area (Å²) in [5.74, 6) is 0. The number of nitrogens with one attached hydrogen (secondary N) is 1. The van der Waals surface area contributed by atoms with Crippen LogP contribution in [-0.2, 0) is 10.3 Å². The van der Waals surface area contributed by atoms with Crippen molar-refractivity contribution < 1.29 is 4.74 Å². The van der Waals surface area contributed by atoms with Crippen molar-refractivity contribution in [2.75, 3.05) is 13.2 Å². The summed E-state index contributed by atoms with van der Waals surface area (Å²) >= 11 is 1.75. The van der Waals surface area contributed by atoms with E-state index in [9.17, 15) is 0 Å². The summed E-state index contributed by atoms with van der Waals surface area (Å²) in [5.41, 5.74) is 1.11. The first kappa shape index (κ1) is 12.0. The van der Waals surface area contributed by atoms with Crippen molar-refractivity contribution in [3.63, 3.8) is 0 Å². The largest absolute Gasteiger partial charge is 0.380 e. The minimum Gasteiger partial charge on any atom is -0.380 e. The molecule has 1 aromatic heterocycles. The summed E-state index contributed by atoms with van der Waals surface area (Å²) in [4.78, 5) is 4.61. The number of nitrogens with zero attached hydrogens (tertiary/aromatic N) is 1. The molecule has 4 heteroatoms. The zero-order chi connectivity index (χ0) is 11.6. The highest BCUT2D eigenvalue weighted by atomic mass is 32.1. The fourth-order valence-corrected chi connectivity index (χ4v) is 3.02. The van der Waals surface area contributed by atoms with E-state index >= 15 is 0 Å². The molecule has 1 aromatic rings. The van der Waals surface area contributed by atoms with Crippen molar-refractivity contribution in [2.45, 2.75) is 45.2 Å². The summed E-state index contributed by atoms with van der Waals surface area (Å²) < 4.78 is 5.41. The van der Waals surface area contributed by atoms with Gasteiger partial charge in [0.05, 0.1) is 12.1 Å². The molecular formula is C12H20N2OS. The molecule has 0 aliphatic carbocycles. The van der Waals surface area contributed by atoms with E-state index in [1.807, 2.05) is 0 Å². The van der Waals surface area contributed by atoms with Crippen molar-refractivity contribution in [1.29, 1.82) is 0 Å². The van der Waals surface area contributed by atoms with Gasteiger partial charge in [0.2, 0.25) is 0 Å². The van der Waals surface area contributed by atoms with Gasteiger partial charge in [0.15, 0.2) is 0 Å². The number of ether oxygens (including phenoxy) is 1. The fourth-order valence-electron chi connectivity index (χ4n) is 2.02. The first-order valence-corrected chi connectivity index (χ1v) is 6.80. The summed E-state index contributed by atoms with van der Waals surface area (Å²) in [6.07, 6.45) is 2.16. The molecule has 2 heterocycles. The van der Waals surface area contributed by atoms with Crippen molar-refractivity contribution in [2.24, 2.45) is 0 Å². The lowest BCUT2D eigenvalue weighted by Crippen LogP contribution is -2.45. The van der Waals surface area contributed by atoms with E-state index < -0.39 is 0 Å². The number of hydrogen-bond donors (Lipinski definition) is 1. The molecule has 1 N–H and O–H groups in total. The highest BCUT2D eigenvalue weighted by molar-refractivity contribution is 7.09. The van der Waals surface area contributed by atoms with E-state index in [2.05, 4.69) is 36.5 Å². The molecule has 90 valence electrons. The standard InChI is InChI=1S/C12H20N2OS/c1-4-12(3,11-13-9(2)8-16-11)14-10-5-6-15-7-10/h8,10,14H,4-7H2,1-3H3. The lowest BCUT2D eigenvalue weighted by Gasteiger charge is -2.30. The Balaban J connectivity index is 2.11. The van der Waals surface area contributed by atoms with Crippen molar-refractivity contribution in [1.82, 2.24) is 10.3 Å². The van der Waals surface area contributed by atoms with Crippen LogP contribution in [0, 0.1) is 6.92 Å². The second-order valence-electron chi connectivity index (χ2n) is 4.68. The Morgan fingerprint density at radius 2 is 2.50 bits per heavy atom. The Bertz CT molecular complexity index is 347. The number of rotatable bonds is 4. The topological polar surface area (TPSA) is 34.1 Å². The molecule has 0 spiro atoms. The summed E-state index contributed by atoms with van der Waals surface area (Å²) in [7, 11) is 0.